The first-order valence-corrected chi connectivity index (χ1v) is 3.69. The number of furan rings is 1. The molecule has 0 aliphatic heterocycles. The summed E-state index contributed by atoms with van der Waals surface area (Å²) in [6, 6.07) is 1.85. The van der Waals surface area contributed by atoms with E-state index >= 15 is 0 Å². The van der Waals surface area contributed by atoms with Gasteiger partial charge in [-0.25, -0.2) is 0 Å². The van der Waals surface area contributed by atoms with Crippen LogP contribution in [0.15, 0.2) is 21.9 Å². The number of aryl methyl sites for hydroxylation is 1. The lowest BCUT2D eigenvalue weighted by Gasteiger charge is -2.09. The quantitative estimate of drug-likeness (QED) is 0.454. The maximum atomic E-state index is 8.60. The van der Waals surface area contributed by atoms with E-state index in [-0.39, 0.29) is 0 Å². The first-order valence-electron chi connectivity index (χ1n) is 3.69. The fourth-order valence-corrected chi connectivity index (χ4v) is 1.45. The average Bonchev–Trinajstić information content (AvgIpc) is 2.50. The van der Waals surface area contributed by atoms with Gasteiger partial charge in [0.2, 0.25) is 0 Å². The van der Waals surface area contributed by atoms with E-state index in [0.29, 0.717) is 0 Å². The molecular formula is C8H9NO2. The van der Waals surface area contributed by atoms with Crippen molar-refractivity contribution in [3.05, 3.63) is 23.7 Å². The van der Waals surface area contributed by atoms with Gasteiger partial charge >= 0.3 is 0 Å². The molecule has 0 aromatic carbocycles. The molecule has 0 radical (unpaired) electrons. The van der Waals surface area contributed by atoms with E-state index in [4.69, 9.17) is 9.62 Å². The lowest BCUT2D eigenvalue weighted by molar-refractivity contribution is 0.317. The molecule has 0 unspecified atom stereocenters. The van der Waals surface area contributed by atoms with Gasteiger partial charge in [0, 0.05) is 12.0 Å². The molecule has 11 heavy (non-hydrogen) atoms. The Morgan fingerprint density at radius 3 is 3.18 bits per heavy atom. The molecule has 1 aromatic heterocycles. The van der Waals surface area contributed by atoms with Crippen molar-refractivity contribution in [3.8, 4) is 0 Å². The van der Waals surface area contributed by atoms with E-state index in [1.165, 1.54) is 0 Å². The molecule has 3 heteroatoms. The zero-order valence-electron chi connectivity index (χ0n) is 6.08. The van der Waals surface area contributed by atoms with Crippen molar-refractivity contribution in [3.63, 3.8) is 0 Å². The molecule has 1 aromatic rings. The standard InChI is InChI=1S/C8H9NO2/c10-9-7-2-1-3-8-6(7)4-5-11-8/h4-5,10H,1-3H2/b9-7-. The summed E-state index contributed by atoms with van der Waals surface area (Å²) < 4.78 is 5.20. The van der Waals surface area contributed by atoms with Crippen LogP contribution in [0.4, 0.5) is 0 Å². The maximum Gasteiger partial charge on any atom is 0.112 e. The number of fused-ring (bicyclic) bond motifs is 1. The van der Waals surface area contributed by atoms with Gasteiger partial charge in [-0.15, -0.1) is 0 Å². The fraction of sp³-hybridized carbons (Fsp3) is 0.375. The molecule has 1 heterocycles. The second-order valence-electron chi connectivity index (χ2n) is 2.66. The summed E-state index contributed by atoms with van der Waals surface area (Å²) in [6.45, 7) is 0. The summed E-state index contributed by atoms with van der Waals surface area (Å²) in [6.07, 6.45) is 4.46. The zero-order chi connectivity index (χ0) is 7.68. The summed E-state index contributed by atoms with van der Waals surface area (Å²) in [5.41, 5.74) is 1.72. The summed E-state index contributed by atoms with van der Waals surface area (Å²) in [4.78, 5) is 0. The molecule has 0 saturated heterocycles. The van der Waals surface area contributed by atoms with Crippen LogP contribution in [-0.2, 0) is 6.42 Å². The van der Waals surface area contributed by atoms with Gasteiger partial charge in [0.25, 0.3) is 0 Å². The maximum absolute atomic E-state index is 8.60. The number of oxime groups is 1. The highest BCUT2D eigenvalue weighted by atomic mass is 16.4. The molecule has 2 rings (SSSR count). The molecule has 1 N–H and O–H groups in total. The molecule has 0 fully saturated rings. The third-order valence-electron chi connectivity index (χ3n) is 1.99. The largest absolute Gasteiger partial charge is 0.469 e. The molecule has 0 bridgehead atoms. The van der Waals surface area contributed by atoms with Crippen LogP contribution in [0, 0.1) is 0 Å². The van der Waals surface area contributed by atoms with E-state index in [9.17, 15) is 0 Å². The van der Waals surface area contributed by atoms with Crippen LogP contribution in [0.25, 0.3) is 0 Å². The second kappa shape index (κ2) is 2.42. The van der Waals surface area contributed by atoms with Crippen molar-refractivity contribution >= 4 is 5.71 Å². The number of hydrogen-bond donors (Lipinski definition) is 1. The smallest absolute Gasteiger partial charge is 0.112 e. The monoisotopic (exact) mass is 151 g/mol. The molecule has 0 saturated carbocycles. The molecule has 0 atom stereocenters. The summed E-state index contributed by atoms with van der Waals surface area (Å²) >= 11 is 0. The van der Waals surface area contributed by atoms with Crippen LogP contribution in [0.5, 0.6) is 0 Å². The first-order chi connectivity index (χ1) is 5.42. The predicted octanol–water partition coefficient (Wildman–Crippen LogP) is 1.79. The number of hydrogen-bond acceptors (Lipinski definition) is 3. The van der Waals surface area contributed by atoms with Crippen LogP contribution in [0.3, 0.4) is 0 Å². The molecule has 1 aliphatic rings. The minimum atomic E-state index is 0.750. The molecule has 0 spiro atoms. The van der Waals surface area contributed by atoms with Gasteiger partial charge < -0.3 is 9.62 Å². The highest BCUT2D eigenvalue weighted by Crippen LogP contribution is 2.22. The van der Waals surface area contributed by atoms with Crippen LogP contribution in [0.1, 0.15) is 24.2 Å². The third-order valence-corrected chi connectivity index (χ3v) is 1.99. The summed E-state index contributed by atoms with van der Waals surface area (Å²) in [7, 11) is 0. The Labute approximate surface area is 64.3 Å². The minimum Gasteiger partial charge on any atom is -0.469 e. The van der Waals surface area contributed by atoms with Crippen molar-refractivity contribution in [2.24, 2.45) is 5.16 Å². The lowest BCUT2D eigenvalue weighted by atomic mass is 9.97. The van der Waals surface area contributed by atoms with E-state index in [1.54, 1.807) is 6.26 Å². The summed E-state index contributed by atoms with van der Waals surface area (Å²) in [5, 5.41) is 11.8. The average molecular weight is 151 g/mol. The Balaban J connectivity index is 2.48. The van der Waals surface area contributed by atoms with Crippen molar-refractivity contribution in [1.29, 1.82) is 0 Å². The number of rotatable bonds is 0. The number of nitrogens with zero attached hydrogens (tertiary/aromatic N) is 1. The Morgan fingerprint density at radius 1 is 1.45 bits per heavy atom. The zero-order valence-corrected chi connectivity index (χ0v) is 6.08. The molecule has 1 aliphatic carbocycles. The van der Waals surface area contributed by atoms with E-state index in [0.717, 1.165) is 36.3 Å². The van der Waals surface area contributed by atoms with Gasteiger partial charge in [0.1, 0.15) is 5.76 Å². The van der Waals surface area contributed by atoms with Crippen molar-refractivity contribution in [1.82, 2.24) is 0 Å². The Bertz CT molecular complexity index is 288. The van der Waals surface area contributed by atoms with Gasteiger partial charge in [-0.2, -0.15) is 0 Å². The second-order valence-corrected chi connectivity index (χ2v) is 2.66. The fourth-order valence-electron chi connectivity index (χ4n) is 1.45. The van der Waals surface area contributed by atoms with Crippen LogP contribution in [-0.4, -0.2) is 10.9 Å². The highest BCUT2D eigenvalue weighted by Gasteiger charge is 2.17. The highest BCUT2D eigenvalue weighted by molar-refractivity contribution is 6.01. The van der Waals surface area contributed by atoms with Crippen LogP contribution >= 0.6 is 0 Å². The lowest BCUT2D eigenvalue weighted by Crippen LogP contribution is -2.09. The van der Waals surface area contributed by atoms with E-state index in [2.05, 4.69) is 5.16 Å². The van der Waals surface area contributed by atoms with Gasteiger partial charge in [0.05, 0.1) is 12.0 Å². The Morgan fingerprint density at radius 2 is 2.36 bits per heavy atom. The van der Waals surface area contributed by atoms with E-state index in [1.807, 2.05) is 6.07 Å². The molecule has 0 amide bonds. The van der Waals surface area contributed by atoms with Crippen LogP contribution < -0.4 is 0 Å². The third kappa shape index (κ3) is 0.926. The predicted molar refractivity (Wildman–Crippen MR) is 40.0 cm³/mol. The van der Waals surface area contributed by atoms with Crippen molar-refractivity contribution in [2.75, 3.05) is 0 Å². The van der Waals surface area contributed by atoms with Gasteiger partial charge in [-0.1, -0.05) is 5.16 Å². The van der Waals surface area contributed by atoms with Crippen molar-refractivity contribution in [2.45, 2.75) is 19.3 Å². The molecule has 58 valence electrons. The minimum absolute atomic E-state index is 0.750. The van der Waals surface area contributed by atoms with Crippen molar-refractivity contribution < 1.29 is 9.62 Å². The van der Waals surface area contributed by atoms with Gasteiger partial charge in [-0.05, 0) is 18.9 Å². The normalized spacial score (nSPS) is 20.2. The Kier molecular flexibility index (Phi) is 1.42. The Hall–Kier alpha value is -1.25. The molecule has 3 nitrogen and oxygen atoms in total. The molecular weight excluding hydrogens is 142 g/mol. The first kappa shape index (κ1) is 6.46. The van der Waals surface area contributed by atoms with Gasteiger partial charge in [0.15, 0.2) is 0 Å². The van der Waals surface area contributed by atoms with E-state index < -0.39 is 0 Å². The SMILES string of the molecule is O/N=C1/CCCc2occc21. The summed E-state index contributed by atoms with van der Waals surface area (Å²) in [5.74, 6) is 0.948. The van der Waals surface area contributed by atoms with Crippen LogP contribution in [0.2, 0.25) is 0 Å². The topological polar surface area (TPSA) is 45.7 Å². The van der Waals surface area contributed by atoms with Gasteiger partial charge in [-0.3, -0.25) is 0 Å².